The number of piperidine rings is 1. The highest BCUT2D eigenvalue weighted by Gasteiger charge is 2.52. The van der Waals surface area contributed by atoms with Crippen LogP contribution in [0.4, 0.5) is 0 Å². The number of nitrogens with zero attached hydrogens (tertiary/aromatic N) is 5. The maximum atomic E-state index is 6.41. The SMILES string of the molecule is CO[C@]12C[C@@H](c3nnc(-c4cncc(Br)c4)o3)CN(C)[C@@H]1Cc1cn(C)c3cccc2c13. The zero-order valence-corrected chi connectivity index (χ0v) is 19.8. The van der Waals surface area contributed by atoms with Gasteiger partial charge in [-0.2, -0.15) is 0 Å². The molecule has 6 rings (SSSR count). The number of methoxy groups -OCH3 is 1. The summed E-state index contributed by atoms with van der Waals surface area (Å²) in [6.07, 6.45) is 7.50. The van der Waals surface area contributed by atoms with Crippen molar-refractivity contribution in [1.82, 2.24) is 24.6 Å². The van der Waals surface area contributed by atoms with Crippen LogP contribution in [0.1, 0.15) is 29.4 Å². The molecule has 0 spiro atoms. The lowest BCUT2D eigenvalue weighted by atomic mass is 9.68. The zero-order chi connectivity index (χ0) is 22.0. The first-order chi connectivity index (χ1) is 15.5. The number of aryl methyl sites for hydroxylation is 1. The third kappa shape index (κ3) is 2.82. The Balaban J connectivity index is 1.43. The molecule has 0 N–H and O–H groups in total. The number of benzene rings is 1. The van der Waals surface area contributed by atoms with E-state index in [0.29, 0.717) is 11.8 Å². The summed E-state index contributed by atoms with van der Waals surface area (Å²) in [6.45, 7) is 0.840. The topological polar surface area (TPSA) is 69.2 Å². The Labute approximate surface area is 194 Å². The molecule has 0 unspecified atom stereocenters. The average Bonchev–Trinajstić information content (AvgIpc) is 3.41. The van der Waals surface area contributed by atoms with Crippen molar-refractivity contribution in [3.8, 4) is 11.5 Å². The van der Waals surface area contributed by atoms with Crippen LogP contribution in [-0.4, -0.2) is 51.4 Å². The van der Waals surface area contributed by atoms with Crippen LogP contribution in [0.5, 0.6) is 0 Å². The molecule has 1 saturated heterocycles. The van der Waals surface area contributed by atoms with E-state index < -0.39 is 5.60 Å². The first-order valence-electron chi connectivity index (χ1n) is 10.8. The van der Waals surface area contributed by atoms with Crippen molar-refractivity contribution in [1.29, 1.82) is 0 Å². The number of hydrogen-bond acceptors (Lipinski definition) is 6. The van der Waals surface area contributed by atoms with Crippen molar-refractivity contribution >= 4 is 26.8 Å². The van der Waals surface area contributed by atoms with Crippen molar-refractivity contribution in [2.45, 2.75) is 30.4 Å². The van der Waals surface area contributed by atoms with E-state index in [1.807, 2.05) is 13.2 Å². The van der Waals surface area contributed by atoms with Gasteiger partial charge in [-0.15, -0.1) is 10.2 Å². The molecule has 1 aliphatic carbocycles. The highest BCUT2D eigenvalue weighted by molar-refractivity contribution is 9.10. The van der Waals surface area contributed by atoms with Gasteiger partial charge in [0.25, 0.3) is 0 Å². The van der Waals surface area contributed by atoms with E-state index in [1.54, 1.807) is 12.4 Å². The number of likely N-dealkylation sites (tertiary alicyclic amines) is 1. The zero-order valence-electron chi connectivity index (χ0n) is 18.2. The smallest absolute Gasteiger partial charge is 0.249 e. The summed E-state index contributed by atoms with van der Waals surface area (Å²) in [4.78, 5) is 6.61. The summed E-state index contributed by atoms with van der Waals surface area (Å²) in [5.41, 5.74) is 4.27. The second kappa shape index (κ2) is 7.23. The monoisotopic (exact) mass is 493 g/mol. The van der Waals surface area contributed by atoms with Crippen LogP contribution in [-0.2, 0) is 23.8 Å². The van der Waals surface area contributed by atoms with Gasteiger partial charge in [0.1, 0.15) is 5.60 Å². The fourth-order valence-corrected chi connectivity index (χ4v) is 6.17. The van der Waals surface area contributed by atoms with E-state index in [9.17, 15) is 0 Å². The molecule has 8 heteroatoms. The van der Waals surface area contributed by atoms with Crippen molar-refractivity contribution in [3.63, 3.8) is 0 Å². The van der Waals surface area contributed by atoms with Gasteiger partial charge >= 0.3 is 0 Å². The van der Waals surface area contributed by atoms with E-state index in [0.717, 1.165) is 29.4 Å². The molecule has 2 aliphatic rings. The third-order valence-electron chi connectivity index (χ3n) is 7.20. The number of halogens is 1. The Bertz CT molecular complexity index is 1330. The highest BCUT2D eigenvalue weighted by Crippen LogP contribution is 2.51. The van der Waals surface area contributed by atoms with Gasteiger partial charge in [-0.05, 0) is 59.1 Å². The normalized spacial score (nSPS) is 25.2. The van der Waals surface area contributed by atoms with Gasteiger partial charge < -0.3 is 13.7 Å². The summed E-state index contributed by atoms with van der Waals surface area (Å²) in [5, 5.41) is 10.1. The standard InChI is InChI=1S/C24H24BrN5O2/c1-29-12-15-8-20-24(31-3,18-5-4-6-19(29)21(15)18)9-16(13-30(20)2)23-28-27-22(32-23)14-7-17(25)11-26-10-14/h4-7,10-12,16,20H,8-9,13H2,1-3H3/t16-,20-,24+/m1/s1. The van der Waals surface area contributed by atoms with Gasteiger partial charge in [0.15, 0.2) is 0 Å². The summed E-state index contributed by atoms with van der Waals surface area (Å²) >= 11 is 3.46. The maximum absolute atomic E-state index is 6.41. The second-order valence-electron chi connectivity index (χ2n) is 8.96. The van der Waals surface area contributed by atoms with Crippen molar-refractivity contribution in [3.05, 3.63) is 64.3 Å². The molecule has 3 atom stereocenters. The van der Waals surface area contributed by atoms with Gasteiger partial charge in [0, 0.05) is 60.7 Å². The minimum atomic E-state index is -0.433. The minimum absolute atomic E-state index is 0.0677. The Morgan fingerprint density at radius 3 is 2.91 bits per heavy atom. The van der Waals surface area contributed by atoms with Gasteiger partial charge in [-0.25, -0.2) is 0 Å². The molecule has 7 nitrogen and oxygen atoms in total. The Morgan fingerprint density at radius 1 is 1.22 bits per heavy atom. The molecule has 0 saturated carbocycles. The van der Waals surface area contributed by atoms with E-state index in [-0.39, 0.29) is 12.0 Å². The molecule has 0 bridgehead atoms. The van der Waals surface area contributed by atoms with Crippen LogP contribution in [0.25, 0.3) is 22.4 Å². The Kier molecular flexibility index (Phi) is 4.54. The quantitative estimate of drug-likeness (QED) is 0.424. The fraction of sp³-hybridized carbons (Fsp3) is 0.375. The largest absolute Gasteiger partial charge is 0.420 e. The molecule has 1 fully saturated rings. The van der Waals surface area contributed by atoms with E-state index in [2.05, 4.69) is 79.1 Å². The number of pyridine rings is 1. The minimum Gasteiger partial charge on any atom is -0.420 e. The van der Waals surface area contributed by atoms with E-state index >= 15 is 0 Å². The van der Waals surface area contributed by atoms with Crippen LogP contribution in [0.2, 0.25) is 0 Å². The number of hydrogen-bond donors (Lipinski definition) is 0. The predicted octanol–water partition coefficient (Wildman–Crippen LogP) is 4.27. The molecule has 4 aromatic rings. The number of likely N-dealkylation sites (N-methyl/N-ethyl adjacent to an activating group) is 1. The Morgan fingerprint density at radius 2 is 2.09 bits per heavy atom. The molecule has 32 heavy (non-hydrogen) atoms. The Hall–Kier alpha value is -2.55. The predicted molar refractivity (Wildman–Crippen MR) is 124 cm³/mol. The average molecular weight is 494 g/mol. The number of fused-ring (bicyclic) bond motifs is 2. The van der Waals surface area contributed by atoms with E-state index in [1.165, 1.54) is 22.0 Å². The summed E-state index contributed by atoms with van der Waals surface area (Å²) in [6, 6.07) is 8.74. The van der Waals surface area contributed by atoms with Crippen molar-refractivity contribution < 1.29 is 9.15 Å². The molecule has 1 aromatic carbocycles. The van der Waals surface area contributed by atoms with Crippen molar-refractivity contribution in [2.75, 3.05) is 20.7 Å². The summed E-state index contributed by atoms with van der Waals surface area (Å²) in [7, 11) is 6.13. The second-order valence-corrected chi connectivity index (χ2v) is 9.87. The molecular formula is C24H24BrN5O2. The third-order valence-corrected chi connectivity index (χ3v) is 7.63. The lowest BCUT2D eigenvalue weighted by Gasteiger charge is -2.52. The molecule has 3 aromatic heterocycles. The molecule has 0 amide bonds. The van der Waals surface area contributed by atoms with Crippen LogP contribution >= 0.6 is 15.9 Å². The lowest BCUT2D eigenvalue weighted by Crippen LogP contribution is -2.58. The lowest BCUT2D eigenvalue weighted by molar-refractivity contribution is -0.117. The van der Waals surface area contributed by atoms with Crippen molar-refractivity contribution in [2.24, 2.45) is 7.05 Å². The van der Waals surface area contributed by atoms with Gasteiger partial charge in [0.2, 0.25) is 11.8 Å². The molecule has 4 heterocycles. The summed E-state index contributed by atoms with van der Waals surface area (Å²) < 4.78 is 15.7. The maximum Gasteiger partial charge on any atom is 0.249 e. The molecule has 1 aliphatic heterocycles. The van der Waals surface area contributed by atoms with Gasteiger partial charge in [-0.1, -0.05) is 12.1 Å². The first kappa shape index (κ1) is 20.1. The van der Waals surface area contributed by atoms with Crippen LogP contribution in [0.3, 0.4) is 0 Å². The molecular weight excluding hydrogens is 470 g/mol. The molecule has 0 radical (unpaired) electrons. The van der Waals surface area contributed by atoms with Gasteiger partial charge in [-0.3, -0.25) is 9.88 Å². The van der Waals surface area contributed by atoms with E-state index in [4.69, 9.17) is 9.15 Å². The highest BCUT2D eigenvalue weighted by atomic mass is 79.9. The van der Waals surface area contributed by atoms with Crippen LogP contribution in [0.15, 0.2) is 51.7 Å². The fourth-order valence-electron chi connectivity index (χ4n) is 5.80. The molecule has 164 valence electrons. The van der Waals surface area contributed by atoms with Gasteiger partial charge in [0.05, 0.1) is 11.5 Å². The van der Waals surface area contributed by atoms with Crippen LogP contribution in [0, 0.1) is 0 Å². The summed E-state index contributed by atoms with van der Waals surface area (Å²) in [5.74, 6) is 1.20. The number of aromatic nitrogens is 4. The number of ether oxygens (including phenoxy) is 1. The number of rotatable bonds is 3. The van der Waals surface area contributed by atoms with Crippen LogP contribution < -0.4 is 0 Å². The first-order valence-corrected chi connectivity index (χ1v) is 11.6.